The van der Waals surface area contributed by atoms with Gasteiger partial charge in [-0.15, -0.1) is 0 Å². The average Bonchev–Trinajstić information content (AvgIpc) is 2.16. The molecule has 1 rings (SSSR count). The van der Waals surface area contributed by atoms with Gasteiger partial charge in [-0.2, -0.15) is 0 Å². The smallest absolute Gasteiger partial charge is 0.218 e. The molecule has 70 valence electrons. The summed E-state index contributed by atoms with van der Waals surface area (Å²) < 4.78 is 17.8. The summed E-state index contributed by atoms with van der Waals surface area (Å²) in [5.74, 6) is -0.0461. The van der Waals surface area contributed by atoms with Gasteiger partial charge in [-0.3, -0.25) is 0 Å². The van der Waals surface area contributed by atoms with Crippen LogP contribution < -0.4 is 10.5 Å². The van der Waals surface area contributed by atoms with Gasteiger partial charge in [0.15, 0.2) is 0 Å². The van der Waals surface area contributed by atoms with E-state index in [0.29, 0.717) is 18.1 Å². The Balaban J connectivity index is 2.85. The Bertz CT molecular complexity index is 302. The third-order valence-corrected chi connectivity index (χ3v) is 1.45. The molecular formula is C9H11FN2O. The Hall–Kier alpha value is -1.42. The molecule has 0 radical (unpaired) electrons. The molecule has 0 amide bonds. The lowest BCUT2D eigenvalue weighted by Crippen LogP contribution is -2.04. The maximum Gasteiger partial charge on any atom is 0.218 e. The molecule has 1 aromatic rings. The number of aromatic nitrogens is 1. The van der Waals surface area contributed by atoms with Crippen molar-refractivity contribution in [2.24, 2.45) is 5.73 Å². The minimum Gasteiger partial charge on any atom is -0.473 e. The number of nitrogens with zero attached hydrogens (tertiary/aromatic N) is 1. The minimum absolute atomic E-state index is 0.206. The van der Waals surface area contributed by atoms with Crippen molar-refractivity contribution in [2.75, 3.05) is 6.61 Å². The predicted octanol–water partition coefficient (Wildman–Crippen LogP) is 1.24. The molecule has 0 unspecified atom stereocenters. The van der Waals surface area contributed by atoms with Crippen LogP contribution in [0, 0.1) is 5.82 Å². The Morgan fingerprint density at radius 2 is 2.46 bits per heavy atom. The largest absolute Gasteiger partial charge is 0.473 e. The van der Waals surface area contributed by atoms with E-state index in [1.807, 2.05) is 0 Å². The second-order valence-electron chi connectivity index (χ2n) is 2.42. The number of pyridine rings is 1. The molecule has 0 aliphatic heterocycles. The highest BCUT2D eigenvalue weighted by atomic mass is 19.1. The van der Waals surface area contributed by atoms with Crippen LogP contribution in [0.3, 0.4) is 0 Å². The molecule has 0 saturated heterocycles. The van der Waals surface area contributed by atoms with Crippen LogP contribution in [0.2, 0.25) is 0 Å². The van der Waals surface area contributed by atoms with Crippen molar-refractivity contribution in [3.8, 4) is 5.88 Å². The summed E-state index contributed by atoms with van der Waals surface area (Å²) in [6, 6.07) is 1.31. The summed E-state index contributed by atoms with van der Waals surface area (Å²) in [7, 11) is 0. The molecule has 0 saturated carbocycles. The zero-order valence-electron chi connectivity index (χ0n) is 7.16. The van der Waals surface area contributed by atoms with E-state index in [1.165, 1.54) is 6.07 Å². The van der Waals surface area contributed by atoms with Crippen LogP contribution in [0.25, 0.3) is 0 Å². The van der Waals surface area contributed by atoms with Crippen LogP contribution in [0.1, 0.15) is 5.56 Å². The van der Waals surface area contributed by atoms with Crippen LogP contribution >= 0.6 is 0 Å². The molecule has 0 spiro atoms. The molecule has 4 heteroatoms. The molecule has 2 N–H and O–H groups in total. The summed E-state index contributed by atoms with van der Waals surface area (Å²) >= 11 is 0. The number of halogens is 1. The fraction of sp³-hybridized carbons (Fsp3) is 0.222. The summed E-state index contributed by atoms with van der Waals surface area (Å²) in [6.45, 7) is 4.04. The highest BCUT2D eigenvalue weighted by Gasteiger charge is 2.04. The van der Waals surface area contributed by atoms with Gasteiger partial charge < -0.3 is 10.5 Å². The second-order valence-corrected chi connectivity index (χ2v) is 2.42. The van der Waals surface area contributed by atoms with Crippen molar-refractivity contribution in [1.29, 1.82) is 0 Å². The fourth-order valence-electron chi connectivity index (χ4n) is 0.883. The normalized spacial score (nSPS) is 9.69. The molecule has 13 heavy (non-hydrogen) atoms. The van der Waals surface area contributed by atoms with Crippen molar-refractivity contribution < 1.29 is 9.13 Å². The molecule has 0 aliphatic rings. The van der Waals surface area contributed by atoms with Crippen LogP contribution in [0.15, 0.2) is 24.9 Å². The van der Waals surface area contributed by atoms with Gasteiger partial charge >= 0.3 is 0 Å². The molecule has 0 aromatic carbocycles. The number of hydrogen-bond donors (Lipinski definition) is 1. The maximum absolute atomic E-state index is 12.7. The quantitative estimate of drug-likeness (QED) is 0.713. The van der Waals surface area contributed by atoms with Crippen molar-refractivity contribution in [3.63, 3.8) is 0 Å². The number of hydrogen-bond acceptors (Lipinski definition) is 3. The first-order chi connectivity index (χ1) is 6.27. The molecule has 1 heterocycles. The number of rotatable bonds is 4. The molecule has 0 atom stereocenters. The van der Waals surface area contributed by atoms with Gasteiger partial charge in [0.1, 0.15) is 12.4 Å². The van der Waals surface area contributed by atoms with Gasteiger partial charge in [-0.1, -0.05) is 12.7 Å². The van der Waals surface area contributed by atoms with E-state index in [4.69, 9.17) is 10.5 Å². The van der Waals surface area contributed by atoms with E-state index in [1.54, 1.807) is 6.08 Å². The SMILES string of the molecule is C=CCOc1ncc(F)cc1CN. The van der Waals surface area contributed by atoms with Crippen LogP contribution in [-0.4, -0.2) is 11.6 Å². The van der Waals surface area contributed by atoms with Crippen molar-refractivity contribution in [1.82, 2.24) is 4.98 Å². The van der Waals surface area contributed by atoms with Crippen LogP contribution in [0.4, 0.5) is 4.39 Å². The standard InChI is InChI=1S/C9H11FN2O/c1-2-3-13-9-7(5-11)4-8(10)6-12-9/h2,4,6H,1,3,5,11H2. The van der Waals surface area contributed by atoms with E-state index in [9.17, 15) is 4.39 Å². The molecular weight excluding hydrogens is 171 g/mol. The zero-order chi connectivity index (χ0) is 9.68. The van der Waals surface area contributed by atoms with Gasteiger partial charge in [-0.05, 0) is 6.07 Å². The molecule has 0 bridgehead atoms. The Morgan fingerprint density at radius 3 is 3.08 bits per heavy atom. The third-order valence-electron chi connectivity index (χ3n) is 1.45. The predicted molar refractivity (Wildman–Crippen MR) is 47.8 cm³/mol. The fourth-order valence-corrected chi connectivity index (χ4v) is 0.883. The number of ether oxygens (including phenoxy) is 1. The monoisotopic (exact) mass is 182 g/mol. The zero-order valence-corrected chi connectivity index (χ0v) is 7.16. The summed E-state index contributed by atoms with van der Waals surface area (Å²) in [5.41, 5.74) is 5.94. The lowest BCUT2D eigenvalue weighted by Gasteiger charge is -2.06. The van der Waals surface area contributed by atoms with E-state index >= 15 is 0 Å². The van der Waals surface area contributed by atoms with Crippen molar-refractivity contribution >= 4 is 0 Å². The van der Waals surface area contributed by atoms with Gasteiger partial charge in [-0.25, -0.2) is 9.37 Å². The maximum atomic E-state index is 12.7. The summed E-state index contributed by atoms with van der Waals surface area (Å²) in [6.07, 6.45) is 2.68. The Kier molecular flexibility index (Phi) is 3.40. The van der Waals surface area contributed by atoms with Gasteiger partial charge in [0.2, 0.25) is 5.88 Å². The van der Waals surface area contributed by atoms with E-state index in [-0.39, 0.29) is 6.54 Å². The molecule has 1 aromatic heterocycles. The summed E-state index contributed by atoms with van der Waals surface area (Å²) in [4.78, 5) is 3.76. The number of nitrogens with two attached hydrogens (primary N) is 1. The first kappa shape index (κ1) is 9.67. The lowest BCUT2D eigenvalue weighted by molar-refractivity contribution is 0.343. The first-order valence-corrected chi connectivity index (χ1v) is 3.86. The Morgan fingerprint density at radius 1 is 1.69 bits per heavy atom. The molecule has 3 nitrogen and oxygen atoms in total. The average molecular weight is 182 g/mol. The molecule has 0 fully saturated rings. The van der Waals surface area contributed by atoms with E-state index in [2.05, 4.69) is 11.6 Å². The highest BCUT2D eigenvalue weighted by Crippen LogP contribution is 2.14. The lowest BCUT2D eigenvalue weighted by atomic mass is 10.3. The van der Waals surface area contributed by atoms with Gasteiger partial charge in [0, 0.05) is 12.1 Å². The summed E-state index contributed by atoms with van der Waals surface area (Å²) in [5, 5.41) is 0. The molecule has 0 aliphatic carbocycles. The van der Waals surface area contributed by atoms with Crippen LogP contribution in [-0.2, 0) is 6.54 Å². The first-order valence-electron chi connectivity index (χ1n) is 3.86. The second kappa shape index (κ2) is 4.57. The van der Waals surface area contributed by atoms with Crippen molar-refractivity contribution in [3.05, 3.63) is 36.3 Å². The Labute approximate surface area is 76.0 Å². The highest BCUT2D eigenvalue weighted by molar-refractivity contribution is 5.25. The van der Waals surface area contributed by atoms with E-state index < -0.39 is 5.82 Å². The topological polar surface area (TPSA) is 48.1 Å². The van der Waals surface area contributed by atoms with Gasteiger partial charge in [0.25, 0.3) is 0 Å². The van der Waals surface area contributed by atoms with Gasteiger partial charge in [0.05, 0.1) is 6.20 Å². The van der Waals surface area contributed by atoms with Crippen LogP contribution in [0.5, 0.6) is 5.88 Å². The minimum atomic E-state index is -0.411. The van der Waals surface area contributed by atoms with Crippen molar-refractivity contribution in [2.45, 2.75) is 6.54 Å². The van der Waals surface area contributed by atoms with E-state index in [0.717, 1.165) is 6.20 Å². The third kappa shape index (κ3) is 2.52.